The summed E-state index contributed by atoms with van der Waals surface area (Å²) >= 11 is 0. The fourth-order valence-corrected chi connectivity index (χ4v) is 5.58. The Balaban J connectivity index is 4.12. The van der Waals surface area contributed by atoms with Crippen LogP contribution in [0, 0.1) is 0 Å². The number of phosphoric ester groups is 1. The summed E-state index contributed by atoms with van der Waals surface area (Å²) in [6.07, 6.45) is 40.6. The lowest BCUT2D eigenvalue weighted by molar-refractivity contribution is -0.154. The second-order valence-electron chi connectivity index (χ2n) is 12.6. The predicted molar refractivity (Wildman–Crippen MR) is 205 cm³/mol. The molecular weight excluding hydrogens is 655 g/mol. The molecule has 9 nitrogen and oxygen atoms in total. The third-order valence-corrected chi connectivity index (χ3v) is 8.67. The summed E-state index contributed by atoms with van der Waals surface area (Å²) in [4.78, 5) is 22.3. The molecule has 0 amide bonds. The highest BCUT2D eigenvalue weighted by molar-refractivity contribution is 7.47. The van der Waals surface area contributed by atoms with E-state index in [1.807, 2.05) is 0 Å². The number of rotatable bonds is 36. The molecular formula is C40H71O9P. The topological polar surface area (TPSA) is 132 Å². The summed E-state index contributed by atoms with van der Waals surface area (Å²) in [5.41, 5.74) is 0. The van der Waals surface area contributed by atoms with E-state index in [1.165, 1.54) is 38.5 Å². The zero-order chi connectivity index (χ0) is 36.8. The molecule has 0 aliphatic carbocycles. The second kappa shape index (κ2) is 36.9. The molecule has 0 aromatic carbocycles. The van der Waals surface area contributed by atoms with Crippen molar-refractivity contribution in [2.24, 2.45) is 0 Å². The highest BCUT2D eigenvalue weighted by atomic mass is 31.2. The van der Waals surface area contributed by atoms with Crippen molar-refractivity contribution in [3.8, 4) is 0 Å². The number of ether oxygens (including phenoxy) is 2. The fourth-order valence-electron chi connectivity index (χ4n) is 4.79. The number of unbranched alkanes of at least 4 members (excludes halogenated alkanes) is 12. The van der Waals surface area contributed by atoms with Crippen LogP contribution in [0.2, 0.25) is 0 Å². The number of carbonyl (C=O) groups is 1. The Morgan fingerprint density at radius 2 is 1.14 bits per heavy atom. The van der Waals surface area contributed by atoms with E-state index >= 15 is 0 Å². The molecule has 0 fully saturated rings. The summed E-state index contributed by atoms with van der Waals surface area (Å²) in [5.74, 6) is -0.398. The molecule has 0 heterocycles. The monoisotopic (exact) mass is 726 g/mol. The number of hydrogen-bond acceptors (Lipinski definition) is 8. The van der Waals surface area contributed by atoms with E-state index in [0.717, 1.165) is 83.5 Å². The normalized spacial score (nSPS) is 14.9. The van der Waals surface area contributed by atoms with Crippen LogP contribution in [-0.2, 0) is 27.9 Å². The molecule has 3 unspecified atom stereocenters. The van der Waals surface area contributed by atoms with Crippen molar-refractivity contribution in [3.63, 3.8) is 0 Å². The molecule has 0 aliphatic heterocycles. The summed E-state index contributed by atoms with van der Waals surface area (Å²) in [6, 6.07) is 0. The Morgan fingerprint density at radius 1 is 0.640 bits per heavy atom. The van der Waals surface area contributed by atoms with Gasteiger partial charge in [-0.25, -0.2) is 4.57 Å². The van der Waals surface area contributed by atoms with E-state index in [1.54, 1.807) is 0 Å². The fraction of sp³-hybridized carbons (Fsp3) is 0.725. The van der Waals surface area contributed by atoms with Crippen LogP contribution in [0.4, 0.5) is 0 Å². The van der Waals surface area contributed by atoms with Gasteiger partial charge < -0.3 is 24.6 Å². The minimum absolute atomic E-state index is 0.0370. The molecule has 0 rings (SSSR count). The van der Waals surface area contributed by atoms with Crippen LogP contribution in [0.1, 0.15) is 142 Å². The molecule has 0 spiro atoms. The minimum atomic E-state index is -4.51. The van der Waals surface area contributed by atoms with Crippen LogP contribution in [0.25, 0.3) is 0 Å². The smallest absolute Gasteiger partial charge is 0.457 e. The van der Waals surface area contributed by atoms with Crippen molar-refractivity contribution in [1.82, 2.24) is 0 Å². The predicted octanol–water partition coefficient (Wildman–Crippen LogP) is 10.0. The Hall–Kier alpha value is -1.84. The molecule has 50 heavy (non-hydrogen) atoms. The van der Waals surface area contributed by atoms with Crippen LogP contribution in [-0.4, -0.2) is 66.3 Å². The number of allylic oxidation sites excluding steroid dienone is 10. The molecule has 3 N–H and O–H groups in total. The van der Waals surface area contributed by atoms with Gasteiger partial charge in [0.2, 0.25) is 0 Å². The molecule has 0 aromatic heterocycles. The molecule has 3 atom stereocenters. The van der Waals surface area contributed by atoms with E-state index in [-0.39, 0.29) is 19.6 Å². The lowest BCUT2D eigenvalue weighted by Gasteiger charge is -2.20. The molecule has 290 valence electrons. The molecule has 0 saturated carbocycles. The molecule has 0 aromatic rings. The number of aliphatic hydroxyl groups excluding tert-OH is 2. The van der Waals surface area contributed by atoms with Gasteiger partial charge in [-0.3, -0.25) is 13.8 Å². The summed E-state index contributed by atoms with van der Waals surface area (Å²) < 4.78 is 33.1. The van der Waals surface area contributed by atoms with Gasteiger partial charge >= 0.3 is 13.8 Å². The molecule has 0 bridgehead atoms. The zero-order valence-corrected chi connectivity index (χ0v) is 32.2. The SMILES string of the molecule is CC/C=C\C/C=C\C/C=C\C/C=C\C/C=C\CCCCCCCCOCC(COP(=O)(O)OCC(O)CO)OC(=O)CCCCCCCCC. The van der Waals surface area contributed by atoms with Crippen molar-refractivity contribution in [3.05, 3.63) is 60.8 Å². The van der Waals surface area contributed by atoms with Crippen molar-refractivity contribution in [2.75, 3.05) is 33.0 Å². The van der Waals surface area contributed by atoms with Gasteiger partial charge in [0.25, 0.3) is 0 Å². The molecule has 0 saturated heterocycles. The Morgan fingerprint density at radius 3 is 1.72 bits per heavy atom. The van der Waals surface area contributed by atoms with Crippen LogP contribution >= 0.6 is 7.82 Å². The highest BCUT2D eigenvalue weighted by Crippen LogP contribution is 2.43. The number of hydrogen-bond donors (Lipinski definition) is 3. The summed E-state index contributed by atoms with van der Waals surface area (Å²) in [5, 5.41) is 18.2. The first-order valence-corrected chi connectivity index (χ1v) is 20.8. The Kier molecular flexibility index (Phi) is 35.6. The van der Waals surface area contributed by atoms with Gasteiger partial charge in [-0.15, -0.1) is 0 Å². The third kappa shape index (κ3) is 36.0. The van der Waals surface area contributed by atoms with Gasteiger partial charge in [-0.1, -0.05) is 139 Å². The van der Waals surface area contributed by atoms with E-state index in [0.29, 0.717) is 6.61 Å². The van der Waals surface area contributed by atoms with Gasteiger partial charge in [0.1, 0.15) is 12.2 Å². The van der Waals surface area contributed by atoms with E-state index in [9.17, 15) is 19.4 Å². The van der Waals surface area contributed by atoms with Crippen LogP contribution < -0.4 is 0 Å². The minimum Gasteiger partial charge on any atom is -0.457 e. The maximum atomic E-state index is 12.4. The number of carbonyl (C=O) groups excluding carboxylic acids is 1. The highest BCUT2D eigenvalue weighted by Gasteiger charge is 2.26. The Bertz CT molecular complexity index is 960. The first-order valence-electron chi connectivity index (χ1n) is 19.3. The van der Waals surface area contributed by atoms with Crippen molar-refractivity contribution < 1.29 is 43.0 Å². The first kappa shape index (κ1) is 48.2. The van der Waals surface area contributed by atoms with Gasteiger partial charge in [0.15, 0.2) is 0 Å². The lowest BCUT2D eigenvalue weighted by atomic mass is 10.1. The van der Waals surface area contributed by atoms with E-state index < -0.39 is 39.2 Å². The largest absolute Gasteiger partial charge is 0.472 e. The number of esters is 1. The standard InChI is InChI=1S/C40H71O9P/c1-3-5-7-9-11-12-13-14-15-16-17-18-19-20-21-22-23-24-25-27-29-31-33-46-36-39(37-48-50(44,45)47-35-38(42)34-41)49-40(43)32-30-28-26-10-8-6-4-2/h5,7,11-12,14-15,17-18,20-21,38-39,41-42H,3-4,6,8-10,13,16,19,22-37H2,1-2H3,(H,44,45)/b7-5-,12-11-,15-14-,18-17-,21-20-. The first-order chi connectivity index (χ1) is 24.3. The van der Waals surface area contributed by atoms with Crippen LogP contribution in [0.5, 0.6) is 0 Å². The van der Waals surface area contributed by atoms with Crippen molar-refractivity contribution in [1.29, 1.82) is 0 Å². The number of aliphatic hydroxyl groups is 2. The maximum absolute atomic E-state index is 12.4. The van der Waals surface area contributed by atoms with Gasteiger partial charge in [0, 0.05) is 13.0 Å². The van der Waals surface area contributed by atoms with Crippen LogP contribution in [0.15, 0.2) is 60.8 Å². The van der Waals surface area contributed by atoms with Crippen LogP contribution in [0.3, 0.4) is 0 Å². The third-order valence-electron chi connectivity index (χ3n) is 7.72. The second-order valence-corrected chi connectivity index (χ2v) is 14.0. The maximum Gasteiger partial charge on any atom is 0.472 e. The van der Waals surface area contributed by atoms with Crippen molar-refractivity contribution in [2.45, 2.75) is 154 Å². The van der Waals surface area contributed by atoms with Gasteiger partial charge in [-0.2, -0.15) is 0 Å². The van der Waals surface area contributed by atoms with Crippen molar-refractivity contribution >= 4 is 13.8 Å². The average molecular weight is 727 g/mol. The van der Waals surface area contributed by atoms with Gasteiger partial charge in [0.05, 0.1) is 26.4 Å². The average Bonchev–Trinajstić information content (AvgIpc) is 3.10. The summed E-state index contributed by atoms with van der Waals surface area (Å²) in [7, 11) is -4.51. The lowest BCUT2D eigenvalue weighted by Crippen LogP contribution is -2.29. The van der Waals surface area contributed by atoms with E-state index in [4.69, 9.17) is 23.6 Å². The Labute approximate surface area is 304 Å². The summed E-state index contributed by atoms with van der Waals surface area (Å²) in [6.45, 7) is 3.29. The molecule has 0 radical (unpaired) electrons. The quantitative estimate of drug-likeness (QED) is 0.0250. The van der Waals surface area contributed by atoms with Gasteiger partial charge in [-0.05, 0) is 57.8 Å². The molecule has 10 heteroatoms. The number of phosphoric acid groups is 1. The molecule has 0 aliphatic rings. The van der Waals surface area contributed by atoms with E-state index in [2.05, 4.69) is 74.6 Å². The zero-order valence-electron chi connectivity index (χ0n) is 31.3.